The molecule has 1 atom stereocenters. The molecule has 0 bridgehead atoms. The Labute approximate surface area is 154 Å². The minimum Gasteiger partial charge on any atom is -0.457 e. The van der Waals surface area contributed by atoms with Crippen LogP contribution in [0.15, 0.2) is 73.3 Å². The molecular formula is C22H24N2O2. The van der Waals surface area contributed by atoms with E-state index in [-0.39, 0.29) is 11.7 Å². The van der Waals surface area contributed by atoms with Crippen LogP contribution in [0.4, 0.5) is 0 Å². The predicted octanol–water partition coefficient (Wildman–Crippen LogP) is 5.36. The molecule has 0 saturated heterocycles. The molecule has 0 saturated carbocycles. The van der Waals surface area contributed by atoms with Gasteiger partial charge in [-0.2, -0.15) is 0 Å². The number of carbonyl (C=O) groups excluding carboxylic acids is 1. The third kappa shape index (κ3) is 4.82. The van der Waals surface area contributed by atoms with E-state index in [0.29, 0.717) is 6.54 Å². The van der Waals surface area contributed by atoms with E-state index in [1.807, 2.05) is 65.4 Å². The first-order chi connectivity index (χ1) is 12.8. The Morgan fingerprint density at radius 1 is 1.08 bits per heavy atom. The van der Waals surface area contributed by atoms with Crippen LogP contribution in [0.1, 0.15) is 36.5 Å². The Morgan fingerprint density at radius 3 is 2.46 bits per heavy atom. The van der Waals surface area contributed by atoms with Crippen molar-refractivity contribution in [3.05, 3.63) is 78.9 Å². The number of carbonyl (C=O) groups is 1. The third-order valence-electron chi connectivity index (χ3n) is 4.39. The van der Waals surface area contributed by atoms with Crippen LogP contribution in [-0.2, 0) is 6.54 Å². The van der Waals surface area contributed by atoms with Crippen molar-refractivity contribution in [2.45, 2.75) is 32.7 Å². The third-order valence-corrected chi connectivity index (χ3v) is 4.39. The molecule has 0 spiro atoms. The van der Waals surface area contributed by atoms with Gasteiger partial charge in [-0.05, 0) is 42.8 Å². The highest BCUT2D eigenvalue weighted by Crippen LogP contribution is 2.23. The zero-order valence-electron chi connectivity index (χ0n) is 15.0. The molecular weight excluding hydrogens is 324 g/mol. The second-order valence-corrected chi connectivity index (χ2v) is 6.40. The summed E-state index contributed by atoms with van der Waals surface area (Å²) in [5, 5.41) is 0. The Morgan fingerprint density at radius 2 is 1.81 bits per heavy atom. The zero-order valence-corrected chi connectivity index (χ0v) is 15.0. The van der Waals surface area contributed by atoms with Crippen molar-refractivity contribution in [2.75, 3.05) is 0 Å². The van der Waals surface area contributed by atoms with Crippen LogP contribution in [0, 0.1) is 5.92 Å². The van der Waals surface area contributed by atoms with Gasteiger partial charge in [-0.15, -0.1) is 0 Å². The molecule has 3 rings (SSSR count). The van der Waals surface area contributed by atoms with Crippen molar-refractivity contribution in [1.82, 2.24) is 9.55 Å². The maximum absolute atomic E-state index is 13.0. The maximum Gasteiger partial charge on any atom is 0.167 e. The van der Waals surface area contributed by atoms with E-state index in [9.17, 15) is 4.79 Å². The van der Waals surface area contributed by atoms with Crippen molar-refractivity contribution in [2.24, 2.45) is 5.92 Å². The van der Waals surface area contributed by atoms with Gasteiger partial charge in [-0.3, -0.25) is 4.79 Å². The molecule has 134 valence electrons. The zero-order chi connectivity index (χ0) is 18.2. The highest BCUT2D eigenvalue weighted by molar-refractivity contribution is 5.97. The fourth-order valence-electron chi connectivity index (χ4n) is 2.95. The smallest absolute Gasteiger partial charge is 0.167 e. The Balaban J connectivity index is 1.69. The molecule has 0 radical (unpaired) electrons. The Hall–Kier alpha value is -2.88. The fraction of sp³-hybridized carbons (Fsp3) is 0.273. The molecule has 26 heavy (non-hydrogen) atoms. The minimum atomic E-state index is -0.0370. The first kappa shape index (κ1) is 17.9. The average Bonchev–Trinajstić information content (AvgIpc) is 3.19. The number of unbranched alkanes of at least 4 members (excludes halogenated alkanes) is 1. The highest BCUT2D eigenvalue weighted by Gasteiger charge is 2.20. The number of imidazole rings is 1. The molecule has 3 aromatic rings. The van der Waals surface area contributed by atoms with Crippen LogP contribution >= 0.6 is 0 Å². The number of nitrogens with zero attached hydrogens (tertiary/aromatic N) is 2. The van der Waals surface area contributed by atoms with E-state index in [1.54, 1.807) is 12.5 Å². The number of ether oxygens (including phenoxy) is 1. The summed E-state index contributed by atoms with van der Waals surface area (Å²) in [4.78, 5) is 17.0. The summed E-state index contributed by atoms with van der Waals surface area (Å²) in [6.45, 7) is 2.82. The number of rotatable bonds is 9. The van der Waals surface area contributed by atoms with Crippen molar-refractivity contribution < 1.29 is 9.53 Å². The summed E-state index contributed by atoms with van der Waals surface area (Å²) >= 11 is 0. The number of hydrogen-bond donors (Lipinski definition) is 0. The molecule has 0 amide bonds. The van der Waals surface area contributed by atoms with E-state index in [2.05, 4.69) is 11.9 Å². The van der Waals surface area contributed by atoms with Gasteiger partial charge in [0.25, 0.3) is 0 Å². The Bertz CT molecular complexity index is 796. The summed E-state index contributed by atoms with van der Waals surface area (Å²) in [6.07, 6.45) is 8.43. The summed E-state index contributed by atoms with van der Waals surface area (Å²) in [6, 6.07) is 17.0. The van der Waals surface area contributed by atoms with Gasteiger partial charge < -0.3 is 9.30 Å². The number of ketones is 1. The quantitative estimate of drug-likeness (QED) is 0.489. The summed E-state index contributed by atoms with van der Waals surface area (Å²) in [5.41, 5.74) is 0.728. The van der Waals surface area contributed by atoms with E-state index >= 15 is 0 Å². The molecule has 1 heterocycles. The van der Waals surface area contributed by atoms with E-state index in [1.165, 1.54) is 0 Å². The van der Waals surface area contributed by atoms with Crippen LogP contribution < -0.4 is 4.74 Å². The number of benzene rings is 2. The largest absolute Gasteiger partial charge is 0.457 e. The van der Waals surface area contributed by atoms with Gasteiger partial charge in [0, 0.05) is 30.4 Å². The molecule has 4 nitrogen and oxygen atoms in total. The number of aromatic nitrogens is 2. The lowest BCUT2D eigenvalue weighted by Gasteiger charge is -2.16. The highest BCUT2D eigenvalue weighted by atomic mass is 16.5. The van der Waals surface area contributed by atoms with Gasteiger partial charge >= 0.3 is 0 Å². The van der Waals surface area contributed by atoms with Crippen molar-refractivity contribution >= 4 is 5.78 Å². The summed E-state index contributed by atoms with van der Waals surface area (Å²) < 4.78 is 7.78. The number of para-hydroxylation sites is 1. The van der Waals surface area contributed by atoms with Crippen LogP contribution in [0.2, 0.25) is 0 Å². The molecule has 4 heteroatoms. The molecule has 0 fully saturated rings. The maximum atomic E-state index is 13.0. The monoisotopic (exact) mass is 348 g/mol. The molecule has 0 N–H and O–H groups in total. The normalized spacial score (nSPS) is 11.9. The second kappa shape index (κ2) is 8.99. The first-order valence-corrected chi connectivity index (χ1v) is 9.09. The van der Waals surface area contributed by atoms with Gasteiger partial charge in [0.05, 0.1) is 6.33 Å². The standard InChI is InChI=1S/C22H24N2O2/c1-2-3-7-19(16-24-15-14-23-17-24)22(25)18-10-12-21(13-11-18)26-20-8-5-4-6-9-20/h4-6,8-15,17,19H,2-3,7,16H2,1H3. The summed E-state index contributed by atoms with van der Waals surface area (Å²) in [5.74, 6) is 1.66. The van der Waals surface area contributed by atoms with E-state index < -0.39 is 0 Å². The fourth-order valence-corrected chi connectivity index (χ4v) is 2.95. The second-order valence-electron chi connectivity index (χ2n) is 6.40. The van der Waals surface area contributed by atoms with Gasteiger partial charge in [0.1, 0.15) is 11.5 Å². The molecule has 0 aliphatic carbocycles. The van der Waals surface area contributed by atoms with Gasteiger partial charge in [0.15, 0.2) is 5.78 Å². The lowest BCUT2D eigenvalue weighted by molar-refractivity contribution is 0.0897. The van der Waals surface area contributed by atoms with Crippen molar-refractivity contribution in [1.29, 1.82) is 0 Å². The minimum absolute atomic E-state index is 0.0370. The van der Waals surface area contributed by atoms with E-state index in [0.717, 1.165) is 36.3 Å². The number of hydrogen-bond acceptors (Lipinski definition) is 3. The van der Waals surface area contributed by atoms with Crippen LogP contribution in [0.3, 0.4) is 0 Å². The lowest BCUT2D eigenvalue weighted by Crippen LogP contribution is -2.20. The Kier molecular flexibility index (Phi) is 6.20. The van der Waals surface area contributed by atoms with Crippen molar-refractivity contribution in [3.8, 4) is 11.5 Å². The van der Waals surface area contributed by atoms with Crippen molar-refractivity contribution in [3.63, 3.8) is 0 Å². The topological polar surface area (TPSA) is 44.1 Å². The van der Waals surface area contributed by atoms with Gasteiger partial charge in [0.2, 0.25) is 0 Å². The van der Waals surface area contributed by atoms with Crippen LogP contribution in [0.5, 0.6) is 11.5 Å². The van der Waals surface area contributed by atoms with E-state index in [4.69, 9.17) is 4.74 Å². The SMILES string of the molecule is CCCCC(Cn1ccnc1)C(=O)c1ccc(Oc2ccccc2)cc1. The summed E-state index contributed by atoms with van der Waals surface area (Å²) in [7, 11) is 0. The molecule has 0 aliphatic heterocycles. The molecule has 1 unspecified atom stereocenters. The molecule has 0 aliphatic rings. The first-order valence-electron chi connectivity index (χ1n) is 9.09. The van der Waals surface area contributed by atoms with Crippen LogP contribution in [0.25, 0.3) is 0 Å². The van der Waals surface area contributed by atoms with Gasteiger partial charge in [-0.25, -0.2) is 4.98 Å². The number of Topliss-reactive ketones (excluding diaryl/α,β-unsaturated/α-hetero) is 1. The average molecular weight is 348 g/mol. The molecule has 1 aromatic heterocycles. The predicted molar refractivity (Wildman–Crippen MR) is 103 cm³/mol. The molecule has 2 aromatic carbocycles. The van der Waals surface area contributed by atoms with Gasteiger partial charge in [-0.1, -0.05) is 38.0 Å². The van der Waals surface area contributed by atoms with Crippen LogP contribution in [-0.4, -0.2) is 15.3 Å². The lowest BCUT2D eigenvalue weighted by atomic mass is 9.92.